The van der Waals surface area contributed by atoms with Crippen LogP contribution in [0.15, 0.2) is 41.2 Å². The summed E-state index contributed by atoms with van der Waals surface area (Å²) in [5.74, 6) is 0.674. The Kier molecular flexibility index (Phi) is 7.30. The van der Waals surface area contributed by atoms with Crippen molar-refractivity contribution in [3.63, 3.8) is 0 Å². The van der Waals surface area contributed by atoms with Gasteiger partial charge in [-0.1, -0.05) is 48.7 Å². The van der Waals surface area contributed by atoms with Crippen LogP contribution in [-0.2, 0) is 7.05 Å². The van der Waals surface area contributed by atoms with E-state index in [0.717, 1.165) is 6.42 Å². The number of hydrogen-bond donors (Lipinski definition) is 0. The molecule has 0 aliphatic carbocycles. The fraction of sp³-hybridized carbons (Fsp3) is 0.348. The van der Waals surface area contributed by atoms with Crippen LogP contribution in [-0.4, -0.2) is 26.9 Å². The van der Waals surface area contributed by atoms with Crippen molar-refractivity contribution in [2.24, 2.45) is 13.0 Å². The molecule has 164 valence electrons. The number of carbonyl (C=O) groups excluding carboxylic acids is 1. The van der Waals surface area contributed by atoms with E-state index in [1.54, 1.807) is 48.3 Å². The van der Waals surface area contributed by atoms with Gasteiger partial charge in [0, 0.05) is 24.2 Å². The van der Waals surface area contributed by atoms with E-state index in [1.807, 2.05) is 6.92 Å². The van der Waals surface area contributed by atoms with Crippen molar-refractivity contribution in [3.8, 4) is 0 Å². The molecule has 0 radical (unpaired) electrons. The van der Waals surface area contributed by atoms with Gasteiger partial charge in [0.25, 0.3) is 11.5 Å². The monoisotopic (exact) mass is 479 g/mol. The number of fused-ring (bicyclic) bond motifs is 1. The third-order valence-electron chi connectivity index (χ3n) is 5.29. The third kappa shape index (κ3) is 5.05. The molecule has 0 aliphatic rings. The lowest BCUT2D eigenvalue weighted by molar-refractivity contribution is 0.0670. The van der Waals surface area contributed by atoms with Crippen LogP contribution in [0.5, 0.6) is 0 Å². The van der Waals surface area contributed by atoms with E-state index in [1.165, 1.54) is 4.57 Å². The van der Waals surface area contributed by atoms with Gasteiger partial charge in [0.1, 0.15) is 5.82 Å². The maximum Gasteiger partial charge on any atom is 0.261 e. The van der Waals surface area contributed by atoms with Gasteiger partial charge >= 0.3 is 0 Å². The van der Waals surface area contributed by atoms with Crippen molar-refractivity contribution < 1.29 is 4.79 Å². The normalized spacial score (nSPS) is 12.4. The molecule has 31 heavy (non-hydrogen) atoms. The quantitative estimate of drug-likeness (QED) is 0.425. The summed E-state index contributed by atoms with van der Waals surface area (Å²) in [6, 6.07) is 9.35. The van der Waals surface area contributed by atoms with E-state index in [-0.39, 0.29) is 11.5 Å². The van der Waals surface area contributed by atoms with E-state index >= 15 is 0 Å². The van der Waals surface area contributed by atoms with Crippen molar-refractivity contribution >= 4 is 51.6 Å². The molecule has 5 nitrogen and oxygen atoms in total. The molecular formula is C23H24Cl3N3O2. The fourth-order valence-electron chi connectivity index (χ4n) is 3.44. The molecule has 1 unspecified atom stereocenters. The zero-order valence-corrected chi connectivity index (χ0v) is 20.1. The first-order valence-electron chi connectivity index (χ1n) is 10.0. The Morgan fingerprint density at radius 3 is 2.42 bits per heavy atom. The molecule has 1 aromatic heterocycles. The summed E-state index contributed by atoms with van der Waals surface area (Å²) in [5.41, 5.74) is 0.747. The molecule has 0 fully saturated rings. The first-order valence-corrected chi connectivity index (χ1v) is 11.2. The van der Waals surface area contributed by atoms with Crippen LogP contribution in [0.2, 0.25) is 15.1 Å². The molecule has 1 atom stereocenters. The smallest absolute Gasteiger partial charge is 0.261 e. The molecule has 0 aliphatic heterocycles. The van der Waals surface area contributed by atoms with Crippen molar-refractivity contribution in [2.75, 3.05) is 6.54 Å². The zero-order chi connectivity index (χ0) is 22.9. The van der Waals surface area contributed by atoms with E-state index in [9.17, 15) is 9.59 Å². The summed E-state index contributed by atoms with van der Waals surface area (Å²) < 4.78 is 1.49. The van der Waals surface area contributed by atoms with Gasteiger partial charge in [-0.3, -0.25) is 14.2 Å². The van der Waals surface area contributed by atoms with Crippen molar-refractivity contribution in [2.45, 2.75) is 33.2 Å². The summed E-state index contributed by atoms with van der Waals surface area (Å²) in [5, 5.41) is 1.67. The van der Waals surface area contributed by atoms with Gasteiger partial charge in [0.15, 0.2) is 0 Å². The highest BCUT2D eigenvalue weighted by atomic mass is 35.5. The van der Waals surface area contributed by atoms with E-state index in [2.05, 4.69) is 18.8 Å². The second-order valence-electron chi connectivity index (χ2n) is 7.98. The highest BCUT2D eigenvalue weighted by Gasteiger charge is 2.27. The molecule has 8 heteroatoms. The number of carbonyl (C=O) groups is 1. The predicted molar refractivity (Wildman–Crippen MR) is 127 cm³/mol. The predicted octanol–water partition coefficient (Wildman–Crippen LogP) is 6.14. The number of hydrogen-bond acceptors (Lipinski definition) is 3. The molecule has 0 saturated carbocycles. The Labute approximate surface area is 196 Å². The van der Waals surface area contributed by atoms with Gasteiger partial charge in [-0.05, 0) is 55.7 Å². The molecule has 0 bridgehead atoms. The molecule has 2 aromatic carbocycles. The second-order valence-corrected chi connectivity index (χ2v) is 9.23. The average Bonchev–Trinajstić information content (AvgIpc) is 2.72. The number of aromatic nitrogens is 2. The average molecular weight is 481 g/mol. The lowest BCUT2D eigenvalue weighted by atomic mass is 10.1. The van der Waals surface area contributed by atoms with Crippen molar-refractivity contribution in [3.05, 3.63) is 73.2 Å². The standard InChI is InChI=1S/C23H24Cl3N3O2/c1-13(2)9-10-29(22(30)15-5-8-18(25)19(26)11-15)14(3)21-27-20-12-16(24)6-7-17(20)23(31)28(21)4/h5-8,11-14H,9-10H2,1-4H3. The highest BCUT2D eigenvalue weighted by molar-refractivity contribution is 6.42. The van der Waals surface area contributed by atoms with Gasteiger partial charge in [0.2, 0.25) is 0 Å². The fourth-order valence-corrected chi connectivity index (χ4v) is 3.90. The molecule has 3 rings (SSSR count). The van der Waals surface area contributed by atoms with E-state index in [0.29, 0.717) is 49.8 Å². The van der Waals surface area contributed by atoms with Gasteiger partial charge in [-0.2, -0.15) is 0 Å². The molecule has 0 saturated heterocycles. The molecule has 0 N–H and O–H groups in total. The van der Waals surface area contributed by atoms with E-state index in [4.69, 9.17) is 34.8 Å². The Morgan fingerprint density at radius 2 is 1.77 bits per heavy atom. The number of halogens is 3. The Morgan fingerprint density at radius 1 is 1.06 bits per heavy atom. The first-order chi connectivity index (χ1) is 14.6. The molecule has 1 heterocycles. The van der Waals surface area contributed by atoms with Crippen LogP contribution < -0.4 is 5.56 Å². The number of amides is 1. The minimum Gasteiger partial charge on any atom is -0.329 e. The number of benzene rings is 2. The largest absolute Gasteiger partial charge is 0.329 e. The lowest BCUT2D eigenvalue weighted by Crippen LogP contribution is -2.38. The zero-order valence-electron chi connectivity index (χ0n) is 17.8. The minimum atomic E-state index is -0.457. The van der Waals surface area contributed by atoms with Crippen LogP contribution in [0.4, 0.5) is 0 Å². The SMILES string of the molecule is CC(C)CCN(C(=O)c1ccc(Cl)c(Cl)c1)C(C)c1nc2cc(Cl)ccc2c(=O)n1C. The first kappa shape index (κ1) is 23.6. The summed E-state index contributed by atoms with van der Waals surface area (Å²) in [6.07, 6.45) is 0.796. The van der Waals surface area contributed by atoms with Gasteiger partial charge < -0.3 is 4.90 Å². The topological polar surface area (TPSA) is 55.2 Å². The summed E-state index contributed by atoms with van der Waals surface area (Å²) >= 11 is 18.3. The maximum atomic E-state index is 13.4. The molecule has 1 amide bonds. The summed E-state index contributed by atoms with van der Waals surface area (Å²) in [6.45, 7) is 6.56. The summed E-state index contributed by atoms with van der Waals surface area (Å²) in [4.78, 5) is 32.8. The number of rotatable bonds is 6. The van der Waals surface area contributed by atoms with Crippen LogP contribution in [0, 0.1) is 5.92 Å². The van der Waals surface area contributed by atoms with Crippen LogP contribution >= 0.6 is 34.8 Å². The molecule has 3 aromatic rings. The minimum absolute atomic E-state index is 0.186. The second kappa shape index (κ2) is 9.60. The van der Waals surface area contributed by atoms with Gasteiger partial charge in [0.05, 0.1) is 27.0 Å². The Balaban J connectivity index is 2.08. The third-order valence-corrected chi connectivity index (χ3v) is 6.26. The van der Waals surface area contributed by atoms with Crippen LogP contribution in [0.25, 0.3) is 10.9 Å². The lowest BCUT2D eigenvalue weighted by Gasteiger charge is -2.31. The number of nitrogens with zero attached hydrogens (tertiary/aromatic N) is 3. The van der Waals surface area contributed by atoms with Gasteiger partial charge in [-0.25, -0.2) is 4.98 Å². The Hall–Kier alpha value is -2.08. The molecular weight excluding hydrogens is 457 g/mol. The summed E-state index contributed by atoms with van der Waals surface area (Å²) in [7, 11) is 1.67. The Bertz CT molecular complexity index is 1190. The van der Waals surface area contributed by atoms with Crippen LogP contribution in [0.1, 0.15) is 49.4 Å². The maximum absolute atomic E-state index is 13.4. The van der Waals surface area contributed by atoms with Crippen molar-refractivity contribution in [1.82, 2.24) is 14.5 Å². The van der Waals surface area contributed by atoms with E-state index < -0.39 is 6.04 Å². The van der Waals surface area contributed by atoms with Crippen LogP contribution in [0.3, 0.4) is 0 Å². The van der Waals surface area contributed by atoms with Gasteiger partial charge in [-0.15, -0.1) is 0 Å². The molecule has 0 spiro atoms. The van der Waals surface area contributed by atoms with Crippen molar-refractivity contribution in [1.29, 1.82) is 0 Å². The highest BCUT2D eigenvalue weighted by Crippen LogP contribution is 2.27.